The van der Waals surface area contributed by atoms with Crippen LogP contribution in [0.3, 0.4) is 0 Å². The van der Waals surface area contributed by atoms with Crippen LogP contribution in [0.2, 0.25) is 10.0 Å². The summed E-state index contributed by atoms with van der Waals surface area (Å²) in [5, 5.41) is 1.08. The molecule has 232 valence electrons. The number of ether oxygens (including phenoxy) is 3. The monoisotopic (exact) mass is 670 g/mol. The third-order valence-corrected chi connectivity index (χ3v) is 8.99. The third-order valence-electron chi connectivity index (χ3n) is 7.40. The lowest BCUT2D eigenvalue weighted by Crippen LogP contribution is -2.40. The Kier molecular flexibility index (Phi) is 9.40. The average molecular weight is 672 g/mol. The number of halogens is 2. The average Bonchev–Trinajstić information content (AvgIpc) is 3.38. The van der Waals surface area contributed by atoms with Crippen molar-refractivity contribution >= 4 is 52.3 Å². The molecule has 0 saturated carbocycles. The highest BCUT2D eigenvalue weighted by Gasteiger charge is 2.35. The van der Waals surface area contributed by atoms with Crippen LogP contribution < -0.4 is 24.4 Å². The van der Waals surface area contributed by atoms with Crippen molar-refractivity contribution in [1.29, 1.82) is 0 Å². The number of aromatic nitrogens is 1. The van der Waals surface area contributed by atoms with Gasteiger partial charge in [-0.1, -0.05) is 95.2 Å². The zero-order valence-corrected chi connectivity index (χ0v) is 27.2. The lowest BCUT2D eigenvalue weighted by Gasteiger charge is -2.26. The van der Waals surface area contributed by atoms with Gasteiger partial charge in [-0.2, -0.15) is 0 Å². The van der Waals surface area contributed by atoms with E-state index < -0.39 is 12.0 Å². The summed E-state index contributed by atoms with van der Waals surface area (Å²) < 4.78 is 19.0. The number of hydrogen-bond donors (Lipinski definition) is 0. The number of carbonyl (C=O) groups is 1. The summed E-state index contributed by atoms with van der Waals surface area (Å²) in [4.78, 5) is 33.3. The minimum Gasteiger partial charge on any atom is -0.497 e. The molecule has 46 heavy (non-hydrogen) atoms. The molecular formula is C36H28Cl2N2O5S. The zero-order chi connectivity index (χ0) is 32.2. The molecule has 0 spiro atoms. The number of fused-ring (bicyclic) bond motifs is 1. The molecule has 5 aromatic rings. The van der Waals surface area contributed by atoms with E-state index >= 15 is 0 Å². The maximum absolute atomic E-state index is 14.3. The van der Waals surface area contributed by atoms with E-state index in [9.17, 15) is 9.59 Å². The quantitative estimate of drug-likeness (QED) is 0.161. The molecule has 6 rings (SSSR count). The predicted molar refractivity (Wildman–Crippen MR) is 181 cm³/mol. The molecule has 0 saturated heterocycles. The van der Waals surface area contributed by atoms with Gasteiger partial charge in [0.2, 0.25) is 0 Å². The van der Waals surface area contributed by atoms with Crippen LogP contribution >= 0.6 is 34.5 Å². The number of carbonyl (C=O) groups excluding carboxylic acids is 1. The Morgan fingerprint density at radius 3 is 2.43 bits per heavy atom. The Bertz CT molecular complexity index is 2120. The minimum atomic E-state index is -0.811. The molecule has 7 nitrogen and oxygen atoms in total. The van der Waals surface area contributed by atoms with Crippen LogP contribution in [0.15, 0.2) is 112 Å². The highest BCUT2D eigenvalue weighted by Crippen LogP contribution is 2.36. The molecule has 1 aliphatic rings. The molecule has 0 radical (unpaired) electrons. The molecule has 4 aromatic carbocycles. The van der Waals surface area contributed by atoms with Crippen LogP contribution in [0.4, 0.5) is 0 Å². The number of methoxy groups -OCH3 is 1. The largest absolute Gasteiger partial charge is 0.497 e. The highest BCUT2D eigenvalue weighted by atomic mass is 35.5. The van der Waals surface area contributed by atoms with E-state index in [-0.39, 0.29) is 24.3 Å². The third kappa shape index (κ3) is 6.37. The Hall–Kier alpha value is -4.63. The van der Waals surface area contributed by atoms with E-state index in [4.69, 9.17) is 42.4 Å². The maximum atomic E-state index is 14.3. The second-order valence-electron chi connectivity index (χ2n) is 10.3. The second kappa shape index (κ2) is 13.8. The zero-order valence-electron chi connectivity index (χ0n) is 24.9. The van der Waals surface area contributed by atoms with E-state index in [2.05, 4.69) is 0 Å². The fourth-order valence-corrected chi connectivity index (χ4v) is 6.58. The van der Waals surface area contributed by atoms with E-state index in [1.807, 2.05) is 60.7 Å². The number of esters is 1. The lowest BCUT2D eigenvalue weighted by atomic mass is 9.93. The molecule has 0 N–H and O–H groups in total. The van der Waals surface area contributed by atoms with Crippen LogP contribution in [0.1, 0.15) is 35.2 Å². The summed E-state index contributed by atoms with van der Waals surface area (Å²) >= 11 is 14.0. The molecule has 0 aliphatic carbocycles. The van der Waals surface area contributed by atoms with Gasteiger partial charge >= 0.3 is 5.97 Å². The standard InChI is InChI=1S/C36H28Cl2N2O5S/c1-3-44-35(42)31-32(22-9-5-4-6-10-22)39-36-40(33(31)23-13-16-27(43-2)17-14-23)34(41)30(46-36)20-25-19-26(37)15-18-29(25)45-21-24-11-7-8-12-28(24)38/h4-20,33H,3,21H2,1-2H3/b30-20-/t33-/m1/s1. The molecule has 10 heteroatoms. The number of rotatable bonds is 9. The minimum absolute atomic E-state index is 0.163. The van der Waals surface area contributed by atoms with Crippen molar-refractivity contribution in [2.75, 3.05) is 13.7 Å². The second-order valence-corrected chi connectivity index (χ2v) is 12.1. The molecule has 1 atom stereocenters. The molecule has 0 amide bonds. The van der Waals surface area contributed by atoms with Crippen molar-refractivity contribution in [2.24, 2.45) is 4.99 Å². The molecule has 1 aromatic heterocycles. The first-order chi connectivity index (χ1) is 22.4. The van der Waals surface area contributed by atoms with E-state index in [1.54, 1.807) is 61.1 Å². The van der Waals surface area contributed by atoms with Gasteiger partial charge < -0.3 is 14.2 Å². The molecule has 0 unspecified atom stereocenters. The maximum Gasteiger partial charge on any atom is 0.338 e. The van der Waals surface area contributed by atoms with Gasteiger partial charge in [0.1, 0.15) is 18.1 Å². The van der Waals surface area contributed by atoms with E-state index in [1.165, 1.54) is 11.3 Å². The van der Waals surface area contributed by atoms with Crippen molar-refractivity contribution < 1.29 is 19.0 Å². The fourth-order valence-electron chi connectivity index (χ4n) is 5.22. The summed E-state index contributed by atoms with van der Waals surface area (Å²) in [5.41, 5.74) is 3.25. The number of thiazole rings is 1. The normalized spacial score (nSPS) is 14.4. The first-order valence-corrected chi connectivity index (χ1v) is 16.0. The van der Waals surface area contributed by atoms with Gasteiger partial charge in [-0.25, -0.2) is 9.79 Å². The summed E-state index contributed by atoms with van der Waals surface area (Å²) in [6, 6.07) is 28.5. The SMILES string of the molecule is CCOC(=O)C1=C(c2ccccc2)N=c2s/c(=C\c3cc(Cl)ccc3OCc3ccccc3Cl)c(=O)n2[C@@H]1c1ccc(OC)cc1. The van der Waals surface area contributed by atoms with Gasteiger partial charge in [-0.3, -0.25) is 9.36 Å². The smallest absolute Gasteiger partial charge is 0.338 e. The highest BCUT2D eigenvalue weighted by molar-refractivity contribution is 7.07. The van der Waals surface area contributed by atoms with Gasteiger partial charge in [0.15, 0.2) is 4.80 Å². The Morgan fingerprint density at radius 2 is 1.72 bits per heavy atom. The summed E-state index contributed by atoms with van der Waals surface area (Å²) in [5.74, 6) is 0.621. The summed E-state index contributed by atoms with van der Waals surface area (Å²) in [6.07, 6.45) is 1.74. The number of nitrogens with zero attached hydrogens (tertiary/aromatic N) is 2. The molecule has 0 fully saturated rings. The predicted octanol–water partition coefficient (Wildman–Crippen LogP) is 6.83. The lowest BCUT2D eigenvalue weighted by molar-refractivity contribution is -0.138. The Balaban J connectivity index is 1.54. The number of hydrogen-bond acceptors (Lipinski definition) is 7. The van der Waals surface area contributed by atoms with Crippen LogP contribution in [0.5, 0.6) is 11.5 Å². The summed E-state index contributed by atoms with van der Waals surface area (Å²) in [7, 11) is 1.58. The summed E-state index contributed by atoms with van der Waals surface area (Å²) in [6.45, 7) is 2.13. The van der Waals surface area contributed by atoms with E-state index in [0.29, 0.717) is 47.7 Å². The van der Waals surface area contributed by atoms with Crippen LogP contribution in [-0.4, -0.2) is 24.3 Å². The first-order valence-electron chi connectivity index (χ1n) is 14.5. The van der Waals surface area contributed by atoms with Gasteiger partial charge in [0.05, 0.1) is 35.6 Å². The van der Waals surface area contributed by atoms with Crippen molar-refractivity contribution in [3.63, 3.8) is 0 Å². The topological polar surface area (TPSA) is 79.1 Å². The van der Waals surface area contributed by atoms with Crippen molar-refractivity contribution in [1.82, 2.24) is 4.57 Å². The van der Waals surface area contributed by atoms with Gasteiger partial charge in [-0.15, -0.1) is 0 Å². The molecule has 2 heterocycles. The molecule has 0 bridgehead atoms. The van der Waals surface area contributed by atoms with Gasteiger partial charge in [-0.05, 0) is 55.0 Å². The Morgan fingerprint density at radius 1 is 0.978 bits per heavy atom. The number of benzene rings is 4. The molecular weight excluding hydrogens is 643 g/mol. The van der Waals surface area contributed by atoms with E-state index in [0.717, 1.165) is 11.1 Å². The van der Waals surface area contributed by atoms with Crippen molar-refractivity contribution in [3.8, 4) is 11.5 Å². The van der Waals surface area contributed by atoms with Crippen molar-refractivity contribution in [2.45, 2.75) is 19.6 Å². The Labute approximate surface area is 279 Å². The van der Waals surface area contributed by atoms with Crippen LogP contribution in [-0.2, 0) is 16.1 Å². The molecule has 1 aliphatic heterocycles. The van der Waals surface area contributed by atoms with Gasteiger partial charge in [0, 0.05) is 26.7 Å². The van der Waals surface area contributed by atoms with Crippen LogP contribution in [0, 0.1) is 0 Å². The van der Waals surface area contributed by atoms with Crippen molar-refractivity contribution in [3.05, 3.63) is 155 Å². The van der Waals surface area contributed by atoms with Gasteiger partial charge in [0.25, 0.3) is 5.56 Å². The fraction of sp³-hybridized carbons (Fsp3) is 0.139. The van der Waals surface area contributed by atoms with Crippen LogP contribution in [0.25, 0.3) is 11.8 Å². The first kappa shape index (κ1) is 31.4.